The first-order valence-electron chi connectivity index (χ1n) is 5.69. The summed E-state index contributed by atoms with van der Waals surface area (Å²) in [5, 5.41) is 13.0. The Kier molecular flexibility index (Phi) is 4.04. The highest BCUT2D eigenvalue weighted by Gasteiger charge is 2.15. The molecule has 0 radical (unpaired) electrons. The average molecular weight is 310 g/mol. The monoisotopic (exact) mass is 309 g/mol. The quantitative estimate of drug-likeness (QED) is 0.516. The Balaban J connectivity index is 2.26. The second-order valence-electron chi connectivity index (χ2n) is 4.11. The Morgan fingerprint density at radius 3 is 2.62 bits per heavy atom. The van der Waals surface area contributed by atoms with Crippen LogP contribution in [0.4, 0.5) is 21.5 Å². The first-order valence-corrected chi connectivity index (χ1v) is 6.06. The van der Waals surface area contributed by atoms with Gasteiger partial charge >= 0.3 is 0 Å². The first-order chi connectivity index (χ1) is 9.88. The highest BCUT2D eigenvalue weighted by atomic mass is 35.5. The fraction of sp³-hybridized carbons (Fsp3) is 0. The van der Waals surface area contributed by atoms with Gasteiger partial charge < -0.3 is 11.1 Å². The van der Waals surface area contributed by atoms with Crippen molar-refractivity contribution in [1.29, 1.82) is 0 Å². The number of nitro groups is 1. The fourth-order valence-corrected chi connectivity index (χ4v) is 1.91. The lowest BCUT2D eigenvalue weighted by molar-refractivity contribution is -0.384. The number of hydrogen-bond acceptors (Lipinski definition) is 4. The molecule has 0 aliphatic rings. The lowest BCUT2D eigenvalue weighted by Crippen LogP contribution is -2.14. The zero-order chi connectivity index (χ0) is 15.6. The Hall–Kier alpha value is -2.67. The smallest absolute Gasteiger partial charge is 0.288 e. The van der Waals surface area contributed by atoms with Crippen LogP contribution < -0.4 is 11.1 Å². The van der Waals surface area contributed by atoms with E-state index in [1.165, 1.54) is 18.2 Å². The number of carbonyl (C=O) groups excluding carboxylic acids is 1. The van der Waals surface area contributed by atoms with Crippen molar-refractivity contribution in [3.05, 3.63) is 62.9 Å². The summed E-state index contributed by atoms with van der Waals surface area (Å²) < 4.78 is 13.1. The van der Waals surface area contributed by atoms with Crippen LogP contribution in [0.25, 0.3) is 0 Å². The molecule has 0 saturated carbocycles. The van der Waals surface area contributed by atoms with Crippen molar-refractivity contribution in [2.75, 3.05) is 11.1 Å². The molecule has 1 amide bonds. The molecule has 0 atom stereocenters. The Morgan fingerprint density at radius 1 is 1.29 bits per heavy atom. The van der Waals surface area contributed by atoms with Gasteiger partial charge in [0.25, 0.3) is 11.6 Å². The van der Waals surface area contributed by atoms with Crippen LogP contribution >= 0.6 is 11.6 Å². The van der Waals surface area contributed by atoms with E-state index in [0.717, 1.165) is 18.2 Å². The van der Waals surface area contributed by atoms with Crippen LogP contribution in [0.1, 0.15) is 10.4 Å². The number of halogens is 2. The summed E-state index contributed by atoms with van der Waals surface area (Å²) in [5.74, 6) is -1.24. The standard InChI is InChI=1S/C13H9ClFN3O3/c14-10-6-8(2-4-12(10)18(20)21)17-13(19)9-5-7(15)1-3-11(9)16/h1-6H,16H2,(H,17,19). The SMILES string of the molecule is Nc1ccc(F)cc1C(=O)Nc1ccc([N+](=O)[O-])c(Cl)c1. The number of nitrogens with one attached hydrogen (secondary N) is 1. The number of nitrogens with zero attached hydrogens (tertiary/aromatic N) is 1. The topological polar surface area (TPSA) is 98.3 Å². The molecule has 0 bridgehead atoms. The van der Waals surface area contributed by atoms with Gasteiger partial charge in [0, 0.05) is 17.4 Å². The molecule has 0 spiro atoms. The third-order valence-corrected chi connectivity index (χ3v) is 2.96. The number of anilines is 2. The minimum Gasteiger partial charge on any atom is -0.398 e. The predicted octanol–water partition coefficient (Wildman–Crippen LogP) is 3.22. The van der Waals surface area contributed by atoms with Crippen molar-refractivity contribution in [2.45, 2.75) is 0 Å². The van der Waals surface area contributed by atoms with Gasteiger partial charge in [0.15, 0.2) is 0 Å². The van der Waals surface area contributed by atoms with E-state index in [0.29, 0.717) is 0 Å². The maximum atomic E-state index is 13.1. The van der Waals surface area contributed by atoms with Crippen LogP contribution in [0, 0.1) is 15.9 Å². The number of nitro benzene ring substituents is 1. The minimum absolute atomic E-state index is 0.0375. The molecular formula is C13H9ClFN3O3. The second kappa shape index (κ2) is 5.76. The van der Waals surface area contributed by atoms with E-state index in [4.69, 9.17) is 17.3 Å². The molecule has 0 unspecified atom stereocenters. The Morgan fingerprint density at radius 2 is 2.00 bits per heavy atom. The van der Waals surface area contributed by atoms with Crippen LogP contribution in [0.15, 0.2) is 36.4 Å². The maximum Gasteiger partial charge on any atom is 0.288 e. The number of carbonyl (C=O) groups is 1. The van der Waals surface area contributed by atoms with Crippen LogP contribution in [-0.4, -0.2) is 10.8 Å². The molecule has 2 aromatic carbocycles. The number of nitrogens with two attached hydrogens (primary N) is 1. The molecular weight excluding hydrogens is 301 g/mol. The Bertz CT molecular complexity index is 737. The predicted molar refractivity (Wildman–Crippen MR) is 76.9 cm³/mol. The van der Waals surface area contributed by atoms with Crippen molar-refractivity contribution in [3.63, 3.8) is 0 Å². The third kappa shape index (κ3) is 3.26. The number of nitrogen functional groups attached to an aromatic ring is 1. The zero-order valence-corrected chi connectivity index (χ0v) is 11.2. The Labute approximate surface area is 123 Å². The molecule has 2 rings (SSSR count). The van der Waals surface area contributed by atoms with Gasteiger partial charge in [-0.15, -0.1) is 0 Å². The molecule has 0 aromatic heterocycles. The summed E-state index contributed by atoms with van der Waals surface area (Å²) in [6.45, 7) is 0. The van der Waals surface area contributed by atoms with Gasteiger partial charge in [-0.25, -0.2) is 4.39 Å². The molecule has 6 nitrogen and oxygen atoms in total. The lowest BCUT2D eigenvalue weighted by atomic mass is 10.1. The van der Waals surface area contributed by atoms with Crippen LogP contribution in [0.5, 0.6) is 0 Å². The number of rotatable bonds is 3. The van der Waals surface area contributed by atoms with Crippen molar-refractivity contribution < 1.29 is 14.1 Å². The summed E-state index contributed by atoms with van der Waals surface area (Å²) in [6.07, 6.45) is 0. The summed E-state index contributed by atoms with van der Waals surface area (Å²) in [7, 11) is 0. The van der Waals surface area contributed by atoms with Crippen LogP contribution in [0.3, 0.4) is 0 Å². The van der Waals surface area contributed by atoms with Crippen molar-refractivity contribution in [2.24, 2.45) is 0 Å². The molecule has 8 heteroatoms. The largest absolute Gasteiger partial charge is 0.398 e. The van der Waals surface area contributed by atoms with Gasteiger partial charge in [0.05, 0.1) is 10.5 Å². The normalized spacial score (nSPS) is 10.2. The van der Waals surface area contributed by atoms with Gasteiger partial charge in [-0.3, -0.25) is 14.9 Å². The van der Waals surface area contributed by atoms with E-state index in [9.17, 15) is 19.3 Å². The summed E-state index contributed by atoms with van der Waals surface area (Å²) in [6, 6.07) is 7.11. The van der Waals surface area contributed by atoms with E-state index in [2.05, 4.69) is 5.32 Å². The van der Waals surface area contributed by atoms with Crippen LogP contribution in [-0.2, 0) is 0 Å². The van der Waals surface area contributed by atoms with Crippen molar-refractivity contribution in [1.82, 2.24) is 0 Å². The molecule has 2 aromatic rings. The molecule has 0 aliphatic heterocycles. The molecule has 0 saturated heterocycles. The van der Waals surface area contributed by atoms with Gasteiger partial charge in [-0.05, 0) is 30.3 Å². The fourth-order valence-electron chi connectivity index (χ4n) is 1.66. The van der Waals surface area contributed by atoms with Gasteiger partial charge in [0.1, 0.15) is 10.8 Å². The van der Waals surface area contributed by atoms with Crippen molar-refractivity contribution in [3.8, 4) is 0 Å². The number of hydrogen-bond donors (Lipinski definition) is 2. The summed E-state index contributed by atoms with van der Waals surface area (Å²) >= 11 is 5.73. The molecule has 0 aliphatic carbocycles. The average Bonchev–Trinajstić information content (AvgIpc) is 2.41. The molecule has 108 valence electrons. The molecule has 3 N–H and O–H groups in total. The number of benzene rings is 2. The highest BCUT2D eigenvalue weighted by Crippen LogP contribution is 2.27. The van der Waals surface area contributed by atoms with E-state index < -0.39 is 16.6 Å². The summed E-state index contributed by atoms with van der Waals surface area (Å²) in [4.78, 5) is 22.0. The minimum atomic E-state index is -0.642. The zero-order valence-electron chi connectivity index (χ0n) is 10.5. The van der Waals surface area contributed by atoms with E-state index in [1.54, 1.807) is 0 Å². The number of amides is 1. The lowest BCUT2D eigenvalue weighted by Gasteiger charge is -2.08. The van der Waals surface area contributed by atoms with Gasteiger partial charge in [0.2, 0.25) is 0 Å². The molecule has 0 fully saturated rings. The van der Waals surface area contributed by atoms with Gasteiger partial charge in [-0.2, -0.15) is 0 Å². The third-order valence-electron chi connectivity index (χ3n) is 2.66. The van der Waals surface area contributed by atoms with E-state index >= 15 is 0 Å². The highest BCUT2D eigenvalue weighted by molar-refractivity contribution is 6.33. The van der Waals surface area contributed by atoms with E-state index in [1.807, 2.05) is 0 Å². The molecule has 0 heterocycles. The maximum absolute atomic E-state index is 13.1. The first kappa shape index (κ1) is 14.7. The summed E-state index contributed by atoms with van der Waals surface area (Å²) in [5.41, 5.74) is 5.63. The van der Waals surface area contributed by atoms with Gasteiger partial charge in [-0.1, -0.05) is 11.6 Å². The van der Waals surface area contributed by atoms with E-state index in [-0.39, 0.29) is 27.6 Å². The van der Waals surface area contributed by atoms with Crippen LogP contribution in [0.2, 0.25) is 5.02 Å². The molecule has 21 heavy (non-hydrogen) atoms. The second-order valence-corrected chi connectivity index (χ2v) is 4.52. The van der Waals surface area contributed by atoms with Crippen molar-refractivity contribution >= 4 is 34.6 Å².